The molecule has 5 heteroatoms. The van der Waals surface area contributed by atoms with Gasteiger partial charge in [0.15, 0.2) is 6.10 Å². The summed E-state index contributed by atoms with van der Waals surface area (Å²) in [6.07, 6.45) is 6.62. The summed E-state index contributed by atoms with van der Waals surface area (Å²) in [5.74, 6) is 2.08. The molecule has 0 saturated heterocycles. The molecule has 1 amide bonds. The number of thioether (sulfide) groups is 1. The van der Waals surface area contributed by atoms with Gasteiger partial charge in [0.05, 0.1) is 5.75 Å². The first-order valence-electron chi connectivity index (χ1n) is 9.71. The number of amides is 1. The van der Waals surface area contributed by atoms with Crippen LogP contribution in [0.4, 0.5) is 0 Å². The Labute approximate surface area is 159 Å². The SMILES string of the molecule is C[C@H](OC(=O)CSc1ccccc1)C(=O)NC12CC3CC(CC(C3)C1)C2. The van der Waals surface area contributed by atoms with Gasteiger partial charge in [0, 0.05) is 10.4 Å². The van der Waals surface area contributed by atoms with Crippen molar-refractivity contribution < 1.29 is 14.3 Å². The van der Waals surface area contributed by atoms with E-state index in [1.807, 2.05) is 30.3 Å². The Hall–Kier alpha value is -1.49. The lowest BCUT2D eigenvalue weighted by atomic mass is 9.53. The predicted octanol–water partition coefficient (Wildman–Crippen LogP) is 3.80. The van der Waals surface area contributed by atoms with Gasteiger partial charge in [0.2, 0.25) is 0 Å². The second kappa shape index (κ2) is 7.26. The average Bonchev–Trinajstić information content (AvgIpc) is 2.59. The van der Waals surface area contributed by atoms with E-state index in [0.29, 0.717) is 0 Å². The van der Waals surface area contributed by atoms with Crippen LogP contribution >= 0.6 is 11.8 Å². The van der Waals surface area contributed by atoms with Crippen molar-refractivity contribution >= 4 is 23.6 Å². The molecule has 0 aromatic heterocycles. The molecule has 4 saturated carbocycles. The number of hydrogen-bond acceptors (Lipinski definition) is 4. The molecule has 0 heterocycles. The topological polar surface area (TPSA) is 55.4 Å². The van der Waals surface area contributed by atoms with Gasteiger partial charge in [-0.15, -0.1) is 11.8 Å². The number of rotatable bonds is 6. The largest absolute Gasteiger partial charge is 0.452 e. The molecule has 0 aliphatic heterocycles. The van der Waals surface area contributed by atoms with Crippen molar-refractivity contribution in [2.45, 2.75) is 62.0 Å². The van der Waals surface area contributed by atoms with Crippen LogP contribution in [-0.4, -0.2) is 29.3 Å². The highest BCUT2D eigenvalue weighted by molar-refractivity contribution is 8.00. The molecule has 4 aliphatic rings. The second-order valence-corrected chi connectivity index (χ2v) is 9.47. The maximum atomic E-state index is 12.6. The van der Waals surface area contributed by atoms with Crippen LogP contribution in [0.25, 0.3) is 0 Å². The number of ether oxygens (including phenoxy) is 1. The maximum absolute atomic E-state index is 12.6. The van der Waals surface area contributed by atoms with E-state index in [9.17, 15) is 9.59 Å². The molecule has 4 fully saturated rings. The van der Waals surface area contributed by atoms with E-state index < -0.39 is 6.10 Å². The van der Waals surface area contributed by atoms with E-state index >= 15 is 0 Å². The summed E-state index contributed by atoms with van der Waals surface area (Å²) in [6, 6.07) is 9.74. The van der Waals surface area contributed by atoms with Crippen LogP contribution in [0.3, 0.4) is 0 Å². The summed E-state index contributed by atoms with van der Waals surface area (Å²) >= 11 is 1.43. The standard InChI is InChI=1S/C21H27NO3S/c1-14(25-19(23)13-26-18-5-3-2-4-6-18)20(24)22-21-10-15-7-16(11-21)9-17(8-15)12-21/h2-6,14-17H,7-13H2,1H3,(H,22,24)/t14-,15?,16?,17?,21?/m0/s1. The highest BCUT2D eigenvalue weighted by Crippen LogP contribution is 2.55. The fourth-order valence-corrected chi connectivity index (χ4v) is 6.27. The average molecular weight is 374 g/mol. The van der Waals surface area contributed by atoms with E-state index in [1.165, 1.54) is 31.0 Å². The van der Waals surface area contributed by atoms with Gasteiger partial charge >= 0.3 is 5.97 Å². The highest BCUT2D eigenvalue weighted by Gasteiger charge is 2.51. The summed E-state index contributed by atoms with van der Waals surface area (Å²) in [6.45, 7) is 1.68. The van der Waals surface area contributed by atoms with Crippen molar-refractivity contribution in [1.29, 1.82) is 0 Å². The number of esters is 1. The third kappa shape index (κ3) is 3.93. The first-order valence-corrected chi connectivity index (χ1v) is 10.7. The molecule has 0 radical (unpaired) electrons. The van der Waals surface area contributed by atoms with Crippen LogP contribution in [0, 0.1) is 17.8 Å². The fourth-order valence-electron chi connectivity index (χ4n) is 5.57. The highest BCUT2D eigenvalue weighted by atomic mass is 32.2. The molecule has 4 aliphatic carbocycles. The van der Waals surface area contributed by atoms with E-state index in [2.05, 4.69) is 5.32 Å². The first kappa shape index (κ1) is 17.9. The zero-order chi connectivity index (χ0) is 18.1. The zero-order valence-electron chi connectivity index (χ0n) is 15.3. The lowest BCUT2D eigenvalue weighted by molar-refractivity contribution is -0.154. The number of carbonyl (C=O) groups is 2. The van der Waals surface area contributed by atoms with Crippen molar-refractivity contribution in [3.8, 4) is 0 Å². The first-order chi connectivity index (χ1) is 12.5. The van der Waals surface area contributed by atoms with Crippen molar-refractivity contribution in [2.75, 3.05) is 5.75 Å². The third-order valence-corrected chi connectivity index (χ3v) is 7.19. The van der Waals surface area contributed by atoms with Gasteiger partial charge in [0.1, 0.15) is 0 Å². The lowest BCUT2D eigenvalue weighted by Gasteiger charge is -2.57. The van der Waals surface area contributed by atoms with Crippen molar-refractivity contribution in [1.82, 2.24) is 5.32 Å². The summed E-state index contributed by atoms with van der Waals surface area (Å²) in [5, 5.41) is 3.28. The van der Waals surface area contributed by atoms with Crippen LogP contribution in [0.5, 0.6) is 0 Å². The summed E-state index contributed by atoms with van der Waals surface area (Å²) in [4.78, 5) is 25.7. The van der Waals surface area contributed by atoms with Gasteiger partial charge in [-0.2, -0.15) is 0 Å². The van der Waals surface area contributed by atoms with Crippen LogP contribution in [0.15, 0.2) is 35.2 Å². The summed E-state index contributed by atoms with van der Waals surface area (Å²) in [7, 11) is 0. The summed E-state index contributed by atoms with van der Waals surface area (Å²) in [5.41, 5.74) is -0.0364. The molecule has 1 atom stereocenters. The molecule has 0 spiro atoms. The van der Waals surface area contributed by atoms with E-state index in [-0.39, 0.29) is 23.2 Å². The molecule has 1 N–H and O–H groups in total. The summed E-state index contributed by atoms with van der Waals surface area (Å²) < 4.78 is 5.38. The van der Waals surface area contributed by atoms with Gasteiger partial charge in [-0.1, -0.05) is 18.2 Å². The van der Waals surface area contributed by atoms with Gasteiger partial charge < -0.3 is 10.1 Å². The Morgan fingerprint density at radius 1 is 1.12 bits per heavy atom. The van der Waals surface area contributed by atoms with Crippen LogP contribution < -0.4 is 5.32 Å². The van der Waals surface area contributed by atoms with Gasteiger partial charge in [-0.3, -0.25) is 9.59 Å². The minimum Gasteiger partial charge on any atom is -0.452 e. The molecule has 4 nitrogen and oxygen atoms in total. The van der Waals surface area contributed by atoms with E-state index in [4.69, 9.17) is 4.74 Å². The van der Waals surface area contributed by atoms with Gasteiger partial charge in [-0.05, 0) is 75.3 Å². The van der Waals surface area contributed by atoms with Crippen molar-refractivity contribution in [3.05, 3.63) is 30.3 Å². The van der Waals surface area contributed by atoms with Crippen molar-refractivity contribution in [2.24, 2.45) is 17.8 Å². The minimum absolute atomic E-state index is 0.0364. The molecular weight excluding hydrogens is 346 g/mol. The molecule has 1 aromatic carbocycles. The Morgan fingerprint density at radius 3 is 2.27 bits per heavy atom. The Morgan fingerprint density at radius 2 is 1.69 bits per heavy atom. The van der Waals surface area contributed by atoms with Gasteiger partial charge in [0.25, 0.3) is 5.91 Å². The molecule has 1 aromatic rings. The molecular formula is C21H27NO3S. The second-order valence-electron chi connectivity index (χ2n) is 8.42. The molecule has 26 heavy (non-hydrogen) atoms. The quantitative estimate of drug-likeness (QED) is 0.609. The molecule has 5 rings (SSSR count). The van der Waals surface area contributed by atoms with Crippen LogP contribution in [-0.2, 0) is 14.3 Å². The zero-order valence-corrected chi connectivity index (χ0v) is 16.1. The van der Waals surface area contributed by atoms with Crippen LogP contribution in [0.1, 0.15) is 45.4 Å². The molecule has 0 unspecified atom stereocenters. The number of carbonyl (C=O) groups excluding carboxylic acids is 2. The van der Waals surface area contributed by atoms with E-state index in [1.54, 1.807) is 6.92 Å². The lowest BCUT2D eigenvalue weighted by Crippen LogP contribution is -2.61. The van der Waals surface area contributed by atoms with Crippen molar-refractivity contribution in [3.63, 3.8) is 0 Å². The minimum atomic E-state index is -0.730. The van der Waals surface area contributed by atoms with Crippen LogP contribution in [0.2, 0.25) is 0 Å². The molecule has 4 bridgehead atoms. The molecule has 140 valence electrons. The number of nitrogens with one attached hydrogen (secondary N) is 1. The van der Waals surface area contributed by atoms with Gasteiger partial charge in [-0.25, -0.2) is 0 Å². The fraction of sp³-hybridized carbons (Fsp3) is 0.619. The third-order valence-electron chi connectivity index (χ3n) is 6.20. The number of hydrogen-bond donors (Lipinski definition) is 1. The van der Waals surface area contributed by atoms with E-state index in [0.717, 1.165) is 41.9 Å². The maximum Gasteiger partial charge on any atom is 0.317 e. The Kier molecular flexibility index (Phi) is 5.00. The predicted molar refractivity (Wildman–Crippen MR) is 102 cm³/mol. The Bertz CT molecular complexity index is 640. The Balaban J connectivity index is 1.27. The smallest absolute Gasteiger partial charge is 0.317 e. The normalized spacial score (nSPS) is 32.9. The monoisotopic (exact) mass is 373 g/mol. The number of benzene rings is 1.